The van der Waals surface area contributed by atoms with Gasteiger partial charge in [0.1, 0.15) is 0 Å². The normalized spacial score (nSPS) is 18.1. The van der Waals surface area contributed by atoms with E-state index in [1.807, 2.05) is 12.4 Å². The molecule has 0 radical (unpaired) electrons. The van der Waals surface area contributed by atoms with Gasteiger partial charge in [-0.25, -0.2) is 9.97 Å². The Labute approximate surface area is 134 Å². The van der Waals surface area contributed by atoms with Crippen LogP contribution in [0, 0.1) is 0 Å². The third kappa shape index (κ3) is 3.31. The molecular weight excluding hydrogens is 294 g/mol. The third-order valence-electron chi connectivity index (χ3n) is 4.16. The smallest absolute Gasteiger partial charge is 0.254 e. The number of aromatic nitrogens is 4. The number of nitrogens with zero attached hydrogens (tertiary/aromatic N) is 4. The van der Waals surface area contributed by atoms with Crippen LogP contribution in [0.1, 0.15) is 34.0 Å². The number of rotatable bonds is 5. The summed E-state index contributed by atoms with van der Waals surface area (Å²) in [7, 11) is 3.43. The number of nitrogens with one attached hydrogen (secondary N) is 3. The molecule has 1 saturated heterocycles. The van der Waals surface area contributed by atoms with Crippen molar-refractivity contribution in [2.45, 2.75) is 18.9 Å². The van der Waals surface area contributed by atoms with Crippen LogP contribution in [-0.4, -0.2) is 58.2 Å². The van der Waals surface area contributed by atoms with Crippen molar-refractivity contribution in [1.29, 1.82) is 0 Å². The van der Waals surface area contributed by atoms with Gasteiger partial charge in [-0.05, 0) is 13.0 Å². The summed E-state index contributed by atoms with van der Waals surface area (Å²) in [6.07, 6.45) is 6.29. The highest BCUT2D eigenvalue weighted by Crippen LogP contribution is 2.28. The largest absolute Gasteiger partial charge is 0.357 e. The van der Waals surface area contributed by atoms with Crippen LogP contribution >= 0.6 is 0 Å². The van der Waals surface area contributed by atoms with Crippen LogP contribution < -0.4 is 10.6 Å². The number of H-pyrrole nitrogens is 1. The molecule has 0 aromatic carbocycles. The lowest BCUT2D eigenvalue weighted by Crippen LogP contribution is -2.22. The summed E-state index contributed by atoms with van der Waals surface area (Å²) in [6.45, 7) is 2.68. The fourth-order valence-electron chi connectivity index (χ4n) is 2.96. The molecule has 122 valence electrons. The molecule has 0 unspecified atom stereocenters. The standard InChI is InChI=1S/C15H21N7O/c1-16-14(23)12-7-20-21-13(12)11-3-4-22(9-11)8-10-5-18-15(17-2)19-6-10/h5-7,11H,3-4,8-9H2,1-2H3,(H,16,23)(H,20,21)(H,17,18,19)/t11-/m0/s1. The Bertz CT molecular complexity index is 667. The second kappa shape index (κ2) is 6.74. The maximum atomic E-state index is 11.9. The fourth-order valence-corrected chi connectivity index (χ4v) is 2.96. The Morgan fingerprint density at radius 2 is 2.13 bits per heavy atom. The second-order valence-corrected chi connectivity index (χ2v) is 5.66. The van der Waals surface area contributed by atoms with Gasteiger partial charge in [-0.1, -0.05) is 0 Å². The minimum atomic E-state index is -0.0942. The minimum absolute atomic E-state index is 0.0942. The zero-order chi connectivity index (χ0) is 16.2. The van der Waals surface area contributed by atoms with E-state index in [1.54, 1.807) is 20.3 Å². The average molecular weight is 315 g/mol. The van der Waals surface area contributed by atoms with E-state index in [4.69, 9.17) is 0 Å². The predicted molar refractivity (Wildman–Crippen MR) is 86.2 cm³/mol. The number of anilines is 1. The van der Waals surface area contributed by atoms with Gasteiger partial charge in [-0.15, -0.1) is 0 Å². The summed E-state index contributed by atoms with van der Waals surface area (Å²) in [5.41, 5.74) is 2.65. The molecule has 2 aromatic heterocycles. The zero-order valence-corrected chi connectivity index (χ0v) is 13.3. The zero-order valence-electron chi connectivity index (χ0n) is 13.3. The molecule has 0 saturated carbocycles. The van der Waals surface area contributed by atoms with Crippen molar-refractivity contribution in [2.75, 3.05) is 32.5 Å². The molecule has 0 aliphatic carbocycles. The molecule has 3 N–H and O–H groups in total. The Kier molecular flexibility index (Phi) is 4.52. The first-order valence-electron chi connectivity index (χ1n) is 7.67. The molecule has 1 fully saturated rings. The molecule has 2 aromatic rings. The summed E-state index contributed by atoms with van der Waals surface area (Å²) in [5.74, 6) is 0.825. The molecule has 1 amide bonds. The molecule has 1 atom stereocenters. The van der Waals surface area contributed by atoms with Crippen LogP contribution in [0.25, 0.3) is 0 Å². The van der Waals surface area contributed by atoms with Crippen LogP contribution in [0.4, 0.5) is 5.95 Å². The molecule has 0 spiro atoms. The van der Waals surface area contributed by atoms with Crippen molar-refractivity contribution in [2.24, 2.45) is 0 Å². The number of likely N-dealkylation sites (tertiary alicyclic amines) is 1. The lowest BCUT2D eigenvalue weighted by molar-refractivity contribution is 0.0961. The number of hydrogen-bond donors (Lipinski definition) is 3. The van der Waals surface area contributed by atoms with Gasteiger partial charge in [0.2, 0.25) is 5.95 Å². The molecule has 3 heterocycles. The van der Waals surface area contributed by atoms with Crippen LogP contribution in [0.2, 0.25) is 0 Å². The van der Waals surface area contributed by atoms with E-state index in [0.29, 0.717) is 17.4 Å². The fraction of sp³-hybridized carbons (Fsp3) is 0.467. The average Bonchev–Trinajstić information content (AvgIpc) is 3.23. The molecule has 3 rings (SSSR count). The third-order valence-corrected chi connectivity index (χ3v) is 4.16. The van der Waals surface area contributed by atoms with Gasteiger partial charge >= 0.3 is 0 Å². The van der Waals surface area contributed by atoms with Crippen LogP contribution in [0.15, 0.2) is 18.6 Å². The Hall–Kier alpha value is -2.48. The Balaban J connectivity index is 1.64. The van der Waals surface area contributed by atoms with Gasteiger partial charge in [0.05, 0.1) is 17.5 Å². The molecule has 1 aliphatic rings. The monoisotopic (exact) mass is 315 g/mol. The van der Waals surface area contributed by atoms with E-state index in [0.717, 1.165) is 37.3 Å². The SMILES string of the molecule is CNC(=O)c1cn[nH]c1[C@H]1CCN(Cc2cnc(NC)nc2)C1. The summed E-state index contributed by atoms with van der Waals surface area (Å²) >= 11 is 0. The summed E-state index contributed by atoms with van der Waals surface area (Å²) < 4.78 is 0. The van der Waals surface area contributed by atoms with Gasteiger partial charge in [-0.3, -0.25) is 14.8 Å². The van der Waals surface area contributed by atoms with Crippen molar-refractivity contribution in [1.82, 2.24) is 30.4 Å². The Morgan fingerprint density at radius 3 is 2.83 bits per heavy atom. The van der Waals surface area contributed by atoms with Gasteiger partial charge in [-0.2, -0.15) is 5.10 Å². The van der Waals surface area contributed by atoms with E-state index in [2.05, 4.69) is 35.7 Å². The first-order valence-corrected chi connectivity index (χ1v) is 7.67. The molecular formula is C15H21N7O. The molecule has 1 aliphatic heterocycles. The van der Waals surface area contributed by atoms with Gasteiger partial charge in [0.25, 0.3) is 5.91 Å². The highest BCUT2D eigenvalue weighted by molar-refractivity contribution is 5.95. The maximum Gasteiger partial charge on any atom is 0.254 e. The highest BCUT2D eigenvalue weighted by Gasteiger charge is 2.28. The van der Waals surface area contributed by atoms with Crippen LogP contribution in [0.5, 0.6) is 0 Å². The minimum Gasteiger partial charge on any atom is -0.357 e. The van der Waals surface area contributed by atoms with Gasteiger partial charge in [0.15, 0.2) is 0 Å². The highest BCUT2D eigenvalue weighted by atomic mass is 16.1. The first kappa shape index (κ1) is 15.4. The maximum absolute atomic E-state index is 11.9. The lowest BCUT2D eigenvalue weighted by Gasteiger charge is -2.15. The van der Waals surface area contributed by atoms with E-state index >= 15 is 0 Å². The predicted octanol–water partition coefficient (Wildman–Crippen LogP) is 0.590. The Morgan fingerprint density at radius 1 is 1.35 bits per heavy atom. The van der Waals surface area contributed by atoms with Crippen LogP contribution in [-0.2, 0) is 6.54 Å². The van der Waals surface area contributed by atoms with Crippen LogP contribution in [0.3, 0.4) is 0 Å². The van der Waals surface area contributed by atoms with Crippen molar-refractivity contribution in [3.05, 3.63) is 35.4 Å². The second-order valence-electron chi connectivity index (χ2n) is 5.66. The summed E-state index contributed by atoms with van der Waals surface area (Å²) in [6, 6.07) is 0. The molecule has 23 heavy (non-hydrogen) atoms. The topological polar surface area (TPSA) is 98.8 Å². The lowest BCUT2D eigenvalue weighted by atomic mass is 10.0. The van der Waals surface area contributed by atoms with Gasteiger partial charge < -0.3 is 10.6 Å². The van der Waals surface area contributed by atoms with Crippen molar-refractivity contribution in [3.63, 3.8) is 0 Å². The van der Waals surface area contributed by atoms with E-state index in [1.165, 1.54) is 0 Å². The molecule has 0 bridgehead atoms. The van der Waals surface area contributed by atoms with E-state index in [-0.39, 0.29) is 5.91 Å². The summed E-state index contributed by atoms with van der Waals surface area (Å²) in [5, 5.41) is 12.6. The number of carbonyl (C=O) groups is 1. The van der Waals surface area contributed by atoms with Crippen molar-refractivity contribution >= 4 is 11.9 Å². The number of hydrogen-bond acceptors (Lipinski definition) is 6. The molecule has 8 heteroatoms. The van der Waals surface area contributed by atoms with Crippen molar-refractivity contribution in [3.8, 4) is 0 Å². The summed E-state index contributed by atoms with van der Waals surface area (Å²) in [4.78, 5) is 22.7. The van der Waals surface area contributed by atoms with E-state index in [9.17, 15) is 4.79 Å². The number of carbonyl (C=O) groups excluding carboxylic acids is 1. The molecule has 8 nitrogen and oxygen atoms in total. The number of aromatic amines is 1. The quantitative estimate of drug-likeness (QED) is 0.747. The van der Waals surface area contributed by atoms with Gasteiger partial charge in [0, 0.05) is 51.1 Å². The number of amides is 1. The van der Waals surface area contributed by atoms with Crippen molar-refractivity contribution < 1.29 is 4.79 Å². The van der Waals surface area contributed by atoms with E-state index < -0.39 is 0 Å². The first-order chi connectivity index (χ1) is 11.2.